The van der Waals surface area contributed by atoms with Gasteiger partial charge in [-0.05, 0) is 24.6 Å². The number of likely N-dealkylation sites (N-methyl/N-ethyl adjacent to an activating group) is 1. The molecule has 0 aliphatic heterocycles. The third-order valence-corrected chi connectivity index (χ3v) is 3.48. The van der Waals surface area contributed by atoms with Gasteiger partial charge in [0.25, 0.3) is 0 Å². The number of hydrogen-bond donors (Lipinski definition) is 0. The molecule has 0 fully saturated rings. The lowest BCUT2D eigenvalue weighted by molar-refractivity contribution is -0.144. The van der Waals surface area contributed by atoms with Gasteiger partial charge in [0.05, 0.1) is 34.2 Å². The first-order valence-corrected chi connectivity index (χ1v) is 7.39. The summed E-state index contributed by atoms with van der Waals surface area (Å²) in [4.78, 5) is 13.4. The predicted octanol–water partition coefficient (Wildman–Crippen LogP) is 3.06. The van der Waals surface area contributed by atoms with Gasteiger partial charge in [0.2, 0.25) is 11.7 Å². The highest BCUT2D eigenvalue weighted by Gasteiger charge is 2.28. The zero-order valence-electron chi connectivity index (χ0n) is 14.2. The highest BCUT2D eigenvalue weighted by Crippen LogP contribution is 2.38. The fourth-order valence-corrected chi connectivity index (χ4v) is 2.24. The van der Waals surface area contributed by atoms with E-state index in [0.717, 1.165) is 0 Å². The number of amides is 1. The Morgan fingerprint density at radius 2 is 1.62 bits per heavy atom. The van der Waals surface area contributed by atoms with Crippen LogP contribution in [0.1, 0.15) is 18.9 Å². The molecule has 1 rings (SSSR count). The summed E-state index contributed by atoms with van der Waals surface area (Å²) in [5.74, 6) is 0.771. The molecule has 0 bridgehead atoms. The summed E-state index contributed by atoms with van der Waals surface area (Å²) in [5.41, 5.74) is 0.569. The van der Waals surface area contributed by atoms with E-state index in [2.05, 4.69) is 0 Å². The zero-order valence-corrected chi connectivity index (χ0v) is 14.2. The average molecular weight is 349 g/mol. The summed E-state index contributed by atoms with van der Waals surface area (Å²) in [6, 6.07) is 3.22. The van der Waals surface area contributed by atoms with Crippen molar-refractivity contribution >= 4 is 5.91 Å². The minimum atomic E-state index is -4.29. The van der Waals surface area contributed by atoms with Crippen LogP contribution in [0.15, 0.2) is 12.1 Å². The van der Waals surface area contributed by atoms with E-state index in [1.54, 1.807) is 19.1 Å². The van der Waals surface area contributed by atoms with Gasteiger partial charge in [-0.1, -0.05) is 0 Å². The summed E-state index contributed by atoms with van der Waals surface area (Å²) in [5, 5.41) is 0. The second kappa shape index (κ2) is 8.65. The Hall–Kier alpha value is -2.12. The number of carbonyl (C=O) groups excluding carboxylic acids is 1. The number of methoxy groups -OCH3 is 3. The van der Waals surface area contributed by atoms with E-state index >= 15 is 0 Å². The van der Waals surface area contributed by atoms with Crippen molar-refractivity contribution in [1.82, 2.24) is 4.90 Å². The van der Waals surface area contributed by atoms with Crippen molar-refractivity contribution in [3.63, 3.8) is 0 Å². The Morgan fingerprint density at radius 1 is 1.08 bits per heavy atom. The number of hydrogen-bond acceptors (Lipinski definition) is 4. The first-order chi connectivity index (χ1) is 11.3. The van der Waals surface area contributed by atoms with Crippen molar-refractivity contribution in [3.8, 4) is 17.2 Å². The Balaban J connectivity index is 2.92. The van der Waals surface area contributed by atoms with Gasteiger partial charge in [0.15, 0.2) is 11.5 Å². The van der Waals surface area contributed by atoms with Gasteiger partial charge in [-0.15, -0.1) is 0 Å². The van der Waals surface area contributed by atoms with Crippen LogP contribution in [0.2, 0.25) is 0 Å². The maximum atomic E-state index is 12.3. The van der Waals surface area contributed by atoms with Gasteiger partial charge in [-0.25, -0.2) is 0 Å². The second-order valence-corrected chi connectivity index (χ2v) is 5.05. The van der Waals surface area contributed by atoms with Crippen molar-refractivity contribution in [2.45, 2.75) is 25.9 Å². The molecule has 136 valence electrons. The normalized spacial score (nSPS) is 11.1. The molecule has 0 unspecified atom stereocenters. The van der Waals surface area contributed by atoms with Crippen LogP contribution >= 0.6 is 0 Å². The molecule has 0 N–H and O–H groups in total. The summed E-state index contributed by atoms with van der Waals surface area (Å²) >= 11 is 0. The fourth-order valence-electron chi connectivity index (χ4n) is 2.24. The Morgan fingerprint density at radius 3 is 2.00 bits per heavy atom. The van der Waals surface area contributed by atoms with E-state index in [1.807, 2.05) is 0 Å². The van der Waals surface area contributed by atoms with E-state index in [-0.39, 0.29) is 19.5 Å². The molecule has 0 radical (unpaired) electrons. The standard InChI is InChI=1S/C16H22F3NO4/c1-5-20(7-6-16(17,18)19)14(21)10-11-8-12(22-2)15(24-4)13(9-11)23-3/h8-9H,5-7,10H2,1-4H3. The number of nitrogens with zero attached hydrogens (tertiary/aromatic N) is 1. The molecular formula is C16H22F3NO4. The number of rotatable bonds is 8. The second-order valence-electron chi connectivity index (χ2n) is 5.05. The van der Waals surface area contributed by atoms with Gasteiger partial charge < -0.3 is 19.1 Å². The van der Waals surface area contributed by atoms with E-state index in [9.17, 15) is 18.0 Å². The Labute approximate surface area is 139 Å². The monoisotopic (exact) mass is 349 g/mol. The molecule has 5 nitrogen and oxygen atoms in total. The van der Waals surface area contributed by atoms with Crippen LogP contribution in [0.25, 0.3) is 0 Å². The molecule has 8 heteroatoms. The van der Waals surface area contributed by atoms with Crippen LogP contribution in [0.5, 0.6) is 17.2 Å². The number of ether oxygens (including phenoxy) is 3. The van der Waals surface area contributed by atoms with Gasteiger partial charge >= 0.3 is 6.18 Å². The van der Waals surface area contributed by atoms with E-state index in [1.165, 1.54) is 26.2 Å². The van der Waals surface area contributed by atoms with Crippen molar-refractivity contribution in [2.24, 2.45) is 0 Å². The van der Waals surface area contributed by atoms with Gasteiger partial charge in [-0.2, -0.15) is 13.2 Å². The van der Waals surface area contributed by atoms with Gasteiger partial charge in [-0.3, -0.25) is 4.79 Å². The Kier molecular flexibility index (Phi) is 7.18. The lowest BCUT2D eigenvalue weighted by Crippen LogP contribution is -2.35. The van der Waals surface area contributed by atoms with E-state index in [4.69, 9.17) is 14.2 Å². The quantitative estimate of drug-likeness (QED) is 0.724. The van der Waals surface area contributed by atoms with Crippen molar-refractivity contribution in [3.05, 3.63) is 17.7 Å². The summed E-state index contributed by atoms with van der Waals surface area (Å²) in [7, 11) is 4.36. The van der Waals surface area contributed by atoms with Crippen LogP contribution in [0.3, 0.4) is 0 Å². The van der Waals surface area contributed by atoms with E-state index in [0.29, 0.717) is 22.8 Å². The van der Waals surface area contributed by atoms with Crippen molar-refractivity contribution in [2.75, 3.05) is 34.4 Å². The molecule has 0 heterocycles. The predicted molar refractivity (Wildman–Crippen MR) is 82.7 cm³/mol. The Bertz CT molecular complexity index is 536. The van der Waals surface area contributed by atoms with Crippen LogP contribution in [-0.2, 0) is 11.2 Å². The molecular weight excluding hydrogens is 327 g/mol. The largest absolute Gasteiger partial charge is 0.493 e. The molecule has 0 aliphatic carbocycles. The average Bonchev–Trinajstić information content (AvgIpc) is 2.53. The maximum absolute atomic E-state index is 12.3. The van der Waals surface area contributed by atoms with Crippen molar-refractivity contribution in [1.29, 1.82) is 0 Å². The lowest BCUT2D eigenvalue weighted by Gasteiger charge is -2.22. The third kappa shape index (κ3) is 5.50. The molecule has 0 atom stereocenters. The fraction of sp³-hybridized carbons (Fsp3) is 0.562. The molecule has 1 amide bonds. The maximum Gasteiger partial charge on any atom is 0.390 e. The summed E-state index contributed by atoms with van der Waals surface area (Å²) in [6.45, 7) is 1.49. The number of alkyl halides is 3. The summed E-state index contributed by atoms with van der Waals surface area (Å²) in [6.07, 6.45) is -5.37. The molecule has 0 aliphatic rings. The SMILES string of the molecule is CCN(CCC(F)(F)F)C(=O)Cc1cc(OC)c(OC)c(OC)c1. The molecule has 1 aromatic rings. The molecule has 0 saturated heterocycles. The zero-order chi connectivity index (χ0) is 18.3. The molecule has 0 aromatic heterocycles. The number of halogens is 3. The number of carbonyl (C=O) groups is 1. The molecule has 0 saturated carbocycles. The minimum absolute atomic E-state index is 0.0532. The lowest BCUT2D eigenvalue weighted by atomic mass is 10.1. The first kappa shape index (κ1) is 19.9. The van der Waals surface area contributed by atoms with Gasteiger partial charge in [0.1, 0.15) is 0 Å². The highest BCUT2D eigenvalue weighted by molar-refractivity contribution is 5.79. The van der Waals surface area contributed by atoms with Crippen LogP contribution in [0.4, 0.5) is 13.2 Å². The van der Waals surface area contributed by atoms with Crippen molar-refractivity contribution < 1.29 is 32.2 Å². The summed E-state index contributed by atoms with van der Waals surface area (Å²) < 4.78 is 52.6. The topological polar surface area (TPSA) is 48.0 Å². The van der Waals surface area contributed by atoms with Crippen LogP contribution in [0, 0.1) is 0 Å². The highest BCUT2D eigenvalue weighted by atomic mass is 19.4. The van der Waals surface area contributed by atoms with Crippen LogP contribution < -0.4 is 14.2 Å². The van der Waals surface area contributed by atoms with E-state index < -0.39 is 18.5 Å². The van der Waals surface area contributed by atoms with Crippen LogP contribution in [-0.4, -0.2) is 51.4 Å². The molecule has 1 aromatic carbocycles. The molecule has 24 heavy (non-hydrogen) atoms. The molecule has 0 spiro atoms. The first-order valence-electron chi connectivity index (χ1n) is 7.39. The number of benzene rings is 1. The third-order valence-electron chi connectivity index (χ3n) is 3.48. The smallest absolute Gasteiger partial charge is 0.390 e. The van der Waals surface area contributed by atoms with Gasteiger partial charge in [0, 0.05) is 13.1 Å². The minimum Gasteiger partial charge on any atom is -0.493 e.